The highest BCUT2D eigenvalue weighted by Gasteiger charge is 2.01. The molecule has 2 rings (SSSR count). The van der Waals surface area contributed by atoms with E-state index in [1.165, 1.54) is 0 Å². The number of benzene rings is 1. The predicted octanol–water partition coefficient (Wildman–Crippen LogP) is 0.203. The molecule has 0 atom stereocenters. The zero-order valence-corrected chi connectivity index (χ0v) is 6.88. The lowest BCUT2D eigenvalue weighted by molar-refractivity contribution is 0.113. The number of hydrogen-bond donors (Lipinski definition) is 2. The van der Waals surface area contributed by atoms with Crippen LogP contribution in [0.1, 0.15) is 5.56 Å². The van der Waals surface area contributed by atoms with Gasteiger partial charge in [-0.1, -0.05) is 6.07 Å². The fourth-order valence-electron chi connectivity index (χ4n) is 1.23. The van der Waals surface area contributed by atoms with Crippen molar-refractivity contribution in [1.29, 1.82) is 0 Å². The minimum atomic E-state index is 0.110. The van der Waals surface area contributed by atoms with Crippen molar-refractivity contribution < 1.29 is 10.3 Å². The lowest BCUT2D eigenvalue weighted by Crippen LogP contribution is -1.92. The van der Waals surface area contributed by atoms with Crippen molar-refractivity contribution in [2.24, 2.45) is 0 Å². The van der Waals surface area contributed by atoms with Crippen LogP contribution in [0.15, 0.2) is 18.2 Å². The van der Waals surface area contributed by atoms with Crippen LogP contribution in [0, 0.1) is 0 Å². The zero-order valence-electron chi connectivity index (χ0n) is 6.88. The quantitative estimate of drug-likeness (QED) is 0.646. The molecule has 0 aliphatic rings. The summed E-state index contributed by atoms with van der Waals surface area (Å²) in [6.45, 7) is 0.110. The summed E-state index contributed by atoms with van der Waals surface area (Å²) in [4.78, 5) is 0.549. The third-order valence-electron chi connectivity index (χ3n) is 1.83. The van der Waals surface area contributed by atoms with Crippen molar-refractivity contribution in [3.8, 4) is 0 Å². The SMILES string of the molecule is OCCc1ccc2nn(O)nc2c1. The number of hydrogen-bond acceptors (Lipinski definition) is 4. The summed E-state index contributed by atoms with van der Waals surface area (Å²) in [6.07, 6.45) is 0.591. The molecule has 2 N–H and O–H groups in total. The molecule has 0 saturated carbocycles. The van der Waals surface area contributed by atoms with Gasteiger partial charge in [0.15, 0.2) is 0 Å². The molecule has 5 heteroatoms. The number of fused-ring (bicyclic) bond motifs is 1. The van der Waals surface area contributed by atoms with Crippen LogP contribution in [0.4, 0.5) is 0 Å². The van der Waals surface area contributed by atoms with Crippen molar-refractivity contribution in [2.45, 2.75) is 6.42 Å². The van der Waals surface area contributed by atoms with E-state index in [-0.39, 0.29) is 6.61 Å². The molecule has 0 amide bonds. The molecular weight excluding hydrogens is 170 g/mol. The molecule has 5 nitrogen and oxygen atoms in total. The highest BCUT2D eigenvalue weighted by molar-refractivity contribution is 5.74. The molecule has 0 fully saturated rings. The van der Waals surface area contributed by atoms with E-state index in [0.717, 1.165) is 5.56 Å². The number of rotatable bonds is 2. The fraction of sp³-hybridized carbons (Fsp3) is 0.250. The van der Waals surface area contributed by atoms with Gasteiger partial charge >= 0.3 is 0 Å². The van der Waals surface area contributed by atoms with Gasteiger partial charge in [0.1, 0.15) is 11.0 Å². The van der Waals surface area contributed by atoms with E-state index in [0.29, 0.717) is 22.4 Å². The number of nitrogens with zero attached hydrogens (tertiary/aromatic N) is 3. The lowest BCUT2D eigenvalue weighted by Gasteiger charge is -1.95. The monoisotopic (exact) mass is 179 g/mol. The van der Waals surface area contributed by atoms with Gasteiger partial charge in [0, 0.05) is 6.61 Å². The molecule has 13 heavy (non-hydrogen) atoms. The summed E-state index contributed by atoms with van der Waals surface area (Å²) in [5.41, 5.74) is 2.26. The van der Waals surface area contributed by atoms with Gasteiger partial charge < -0.3 is 10.3 Å². The molecule has 2 aromatic rings. The van der Waals surface area contributed by atoms with Crippen LogP contribution in [0.3, 0.4) is 0 Å². The van der Waals surface area contributed by atoms with E-state index in [1.807, 2.05) is 6.07 Å². The zero-order chi connectivity index (χ0) is 9.26. The average Bonchev–Trinajstić information content (AvgIpc) is 2.44. The van der Waals surface area contributed by atoms with Crippen molar-refractivity contribution in [1.82, 2.24) is 15.2 Å². The molecule has 0 aliphatic heterocycles. The maximum Gasteiger partial charge on any atom is 0.117 e. The third-order valence-corrected chi connectivity index (χ3v) is 1.83. The lowest BCUT2D eigenvalue weighted by atomic mass is 10.1. The number of aromatic nitrogens is 3. The van der Waals surface area contributed by atoms with Gasteiger partial charge in [-0.05, 0) is 29.1 Å². The summed E-state index contributed by atoms with van der Waals surface area (Å²) in [7, 11) is 0. The standard InChI is InChI=1S/C8H9N3O2/c12-4-3-6-1-2-7-8(5-6)10-11(13)9-7/h1-2,5,12-13H,3-4H2. The van der Waals surface area contributed by atoms with Crippen molar-refractivity contribution in [3.05, 3.63) is 23.8 Å². The fourth-order valence-corrected chi connectivity index (χ4v) is 1.23. The maximum atomic E-state index is 8.92. The Morgan fingerprint density at radius 3 is 2.77 bits per heavy atom. The largest absolute Gasteiger partial charge is 0.396 e. The molecule has 68 valence electrons. The number of aliphatic hydroxyl groups is 1. The van der Waals surface area contributed by atoms with Crippen LogP contribution in [0.25, 0.3) is 11.0 Å². The second kappa shape index (κ2) is 3.02. The molecule has 1 aromatic heterocycles. The van der Waals surface area contributed by atoms with Crippen LogP contribution >= 0.6 is 0 Å². The first-order chi connectivity index (χ1) is 6.29. The van der Waals surface area contributed by atoms with E-state index in [4.69, 9.17) is 10.3 Å². The Hall–Kier alpha value is -1.62. The molecule has 1 aromatic carbocycles. The highest BCUT2D eigenvalue weighted by Crippen LogP contribution is 2.11. The summed E-state index contributed by atoms with van der Waals surface area (Å²) in [5.74, 6) is 0. The smallest absolute Gasteiger partial charge is 0.117 e. The van der Waals surface area contributed by atoms with Crippen LogP contribution in [-0.4, -0.2) is 32.1 Å². The molecule has 0 unspecified atom stereocenters. The molecule has 0 bridgehead atoms. The van der Waals surface area contributed by atoms with Gasteiger partial charge in [0.25, 0.3) is 0 Å². The Morgan fingerprint density at radius 1 is 1.23 bits per heavy atom. The highest BCUT2D eigenvalue weighted by atomic mass is 16.5. The second-order valence-corrected chi connectivity index (χ2v) is 2.77. The van der Waals surface area contributed by atoms with Gasteiger partial charge in [-0.25, -0.2) is 0 Å². The molecule has 0 radical (unpaired) electrons. The minimum absolute atomic E-state index is 0.110. The van der Waals surface area contributed by atoms with Crippen LogP contribution in [0.5, 0.6) is 0 Å². The van der Waals surface area contributed by atoms with E-state index in [2.05, 4.69) is 10.2 Å². The Morgan fingerprint density at radius 2 is 2.00 bits per heavy atom. The van der Waals surface area contributed by atoms with Crippen molar-refractivity contribution in [2.75, 3.05) is 6.61 Å². The molecule has 1 heterocycles. The Kier molecular flexibility index (Phi) is 1.86. The summed E-state index contributed by atoms with van der Waals surface area (Å²) >= 11 is 0. The predicted molar refractivity (Wildman–Crippen MR) is 45.5 cm³/mol. The van der Waals surface area contributed by atoms with E-state index < -0.39 is 0 Å². The van der Waals surface area contributed by atoms with E-state index in [9.17, 15) is 0 Å². The van der Waals surface area contributed by atoms with E-state index in [1.54, 1.807) is 12.1 Å². The molecule has 0 spiro atoms. The Balaban J connectivity index is 2.48. The normalized spacial score (nSPS) is 10.8. The maximum absolute atomic E-state index is 8.92. The first-order valence-electron chi connectivity index (χ1n) is 3.96. The Bertz CT molecular complexity index is 424. The van der Waals surface area contributed by atoms with Crippen molar-refractivity contribution in [3.63, 3.8) is 0 Å². The topological polar surface area (TPSA) is 71.2 Å². The first kappa shape index (κ1) is 8.00. The van der Waals surface area contributed by atoms with Gasteiger partial charge in [0.05, 0.1) is 0 Å². The molecule has 0 saturated heterocycles. The Labute approximate surface area is 74.2 Å². The van der Waals surface area contributed by atoms with Gasteiger partial charge in [-0.3, -0.25) is 0 Å². The summed E-state index contributed by atoms with van der Waals surface area (Å²) in [5, 5.41) is 25.1. The van der Waals surface area contributed by atoms with Crippen LogP contribution < -0.4 is 0 Å². The first-order valence-corrected chi connectivity index (χ1v) is 3.96. The van der Waals surface area contributed by atoms with Gasteiger partial charge in [0.2, 0.25) is 0 Å². The third kappa shape index (κ3) is 1.46. The van der Waals surface area contributed by atoms with Gasteiger partial charge in [-0.2, -0.15) is 0 Å². The van der Waals surface area contributed by atoms with E-state index >= 15 is 0 Å². The van der Waals surface area contributed by atoms with Crippen LogP contribution in [-0.2, 0) is 6.42 Å². The molecular formula is C8H9N3O2. The average molecular weight is 179 g/mol. The summed E-state index contributed by atoms with van der Waals surface area (Å²) < 4.78 is 0. The molecule has 0 aliphatic carbocycles. The minimum Gasteiger partial charge on any atom is -0.396 e. The van der Waals surface area contributed by atoms with Crippen molar-refractivity contribution >= 4 is 11.0 Å². The van der Waals surface area contributed by atoms with Crippen LogP contribution in [0.2, 0.25) is 0 Å². The summed E-state index contributed by atoms with van der Waals surface area (Å²) in [6, 6.07) is 5.42. The number of aliphatic hydroxyl groups excluding tert-OH is 1. The second-order valence-electron chi connectivity index (χ2n) is 2.77. The van der Waals surface area contributed by atoms with Gasteiger partial charge in [-0.15, -0.1) is 10.2 Å².